The van der Waals surface area contributed by atoms with Gasteiger partial charge >= 0.3 is 0 Å². The Labute approximate surface area is 78.1 Å². The topological polar surface area (TPSA) is 56.8 Å². The zero-order chi connectivity index (χ0) is 9.53. The van der Waals surface area contributed by atoms with Gasteiger partial charge in [-0.05, 0) is 13.8 Å². The van der Waals surface area contributed by atoms with E-state index in [1.165, 1.54) is 0 Å². The van der Waals surface area contributed by atoms with Gasteiger partial charge in [0, 0.05) is 12.8 Å². The molecule has 74 valence electrons. The van der Waals surface area contributed by atoms with Crippen LogP contribution in [0.25, 0.3) is 0 Å². The maximum Gasteiger partial charge on any atom is 0.282 e. The molecule has 0 aliphatic carbocycles. The molecule has 2 heterocycles. The normalized spacial score (nSPS) is 37.2. The molecule has 0 bridgehead atoms. The maximum absolute atomic E-state index is 5.62. The summed E-state index contributed by atoms with van der Waals surface area (Å²) < 4.78 is 11.2. The summed E-state index contributed by atoms with van der Waals surface area (Å²) in [4.78, 5) is 4.10. The maximum atomic E-state index is 5.62. The van der Waals surface area contributed by atoms with Gasteiger partial charge in [-0.25, -0.2) is 4.99 Å². The minimum atomic E-state index is -0.175. The van der Waals surface area contributed by atoms with E-state index in [0.717, 1.165) is 19.4 Å². The second-order valence-electron chi connectivity index (χ2n) is 4.47. The van der Waals surface area contributed by atoms with Crippen LogP contribution in [0, 0.1) is 0 Å². The van der Waals surface area contributed by atoms with Crippen molar-refractivity contribution in [1.82, 2.24) is 0 Å². The minimum absolute atomic E-state index is 0.113. The molecule has 4 heteroatoms. The van der Waals surface area contributed by atoms with Gasteiger partial charge in [-0.1, -0.05) is 0 Å². The highest BCUT2D eigenvalue weighted by Gasteiger charge is 2.45. The fourth-order valence-corrected chi connectivity index (χ4v) is 2.16. The number of nitrogens with zero attached hydrogens (tertiary/aromatic N) is 1. The van der Waals surface area contributed by atoms with Crippen LogP contribution >= 0.6 is 0 Å². The van der Waals surface area contributed by atoms with Gasteiger partial charge in [-0.3, -0.25) is 0 Å². The molecule has 0 radical (unpaired) electrons. The Balaban J connectivity index is 2.09. The van der Waals surface area contributed by atoms with E-state index >= 15 is 0 Å². The summed E-state index contributed by atoms with van der Waals surface area (Å²) in [6.07, 6.45) is 1.75. The van der Waals surface area contributed by atoms with E-state index in [2.05, 4.69) is 18.8 Å². The summed E-state index contributed by atoms with van der Waals surface area (Å²) in [5.74, 6) is 0. The van der Waals surface area contributed by atoms with Crippen molar-refractivity contribution in [2.75, 3.05) is 13.2 Å². The smallest absolute Gasteiger partial charge is 0.282 e. The molecule has 0 aromatic rings. The SMILES string of the molecule is CC1(C)CC2(CCO1)CN=C(N)O2. The van der Waals surface area contributed by atoms with Gasteiger partial charge in [0.05, 0.1) is 18.8 Å². The van der Waals surface area contributed by atoms with Crippen LogP contribution in [0.15, 0.2) is 4.99 Å². The van der Waals surface area contributed by atoms with E-state index in [0.29, 0.717) is 12.6 Å². The molecule has 0 amide bonds. The Bertz CT molecular complexity index is 250. The number of ether oxygens (including phenoxy) is 2. The monoisotopic (exact) mass is 184 g/mol. The number of aliphatic imine (C=N–C) groups is 1. The third-order valence-electron chi connectivity index (χ3n) is 2.64. The summed E-state index contributed by atoms with van der Waals surface area (Å²) in [5.41, 5.74) is 5.23. The predicted octanol–water partition coefficient (Wildman–Crippen LogP) is 0.659. The van der Waals surface area contributed by atoms with Crippen molar-refractivity contribution in [2.45, 2.75) is 37.9 Å². The van der Waals surface area contributed by atoms with Gasteiger partial charge in [-0.2, -0.15) is 0 Å². The molecule has 1 saturated heterocycles. The third-order valence-corrected chi connectivity index (χ3v) is 2.64. The van der Waals surface area contributed by atoms with Crippen molar-refractivity contribution in [3.05, 3.63) is 0 Å². The second kappa shape index (κ2) is 2.61. The number of hydrogen-bond acceptors (Lipinski definition) is 4. The Morgan fingerprint density at radius 1 is 1.46 bits per heavy atom. The van der Waals surface area contributed by atoms with Crippen molar-refractivity contribution in [1.29, 1.82) is 0 Å². The molecule has 13 heavy (non-hydrogen) atoms. The Hall–Kier alpha value is -0.770. The first-order valence-corrected chi connectivity index (χ1v) is 4.64. The Morgan fingerprint density at radius 2 is 2.23 bits per heavy atom. The molecule has 2 N–H and O–H groups in total. The van der Waals surface area contributed by atoms with Crippen LogP contribution in [0.2, 0.25) is 0 Å². The molecule has 2 rings (SSSR count). The Kier molecular flexibility index (Phi) is 1.77. The molecule has 0 aromatic carbocycles. The first kappa shape index (κ1) is 8.81. The zero-order valence-corrected chi connectivity index (χ0v) is 8.17. The van der Waals surface area contributed by atoms with E-state index in [4.69, 9.17) is 15.2 Å². The molecule has 1 fully saturated rings. The lowest BCUT2D eigenvalue weighted by Crippen LogP contribution is -2.48. The van der Waals surface area contributed by atoms with Gasteiger partial charge in [-0.15, -0.1) is 0 Å². The van der Waals surface area contributed by atoms with Crippen molar-refractivity contribution in [3.8, 4) is 0 Å². The van der Waals surface area contributed by atoms with Crippen LogP contribution in [0.5, 0.6) is 0 Å². The van der Waals surface area contributed by atoms with Crippen molar-refractivity contribution < 1.29 is 9.47 Å². The highest BCUT2D eigenvalue weighted by Crippen LogP contribution is 2.36. The quantitative estimate of drug-likeness (QED) is 0.601. The Morgan fingerprint density at radius 3 is 2.77 bits per heavy atom. The largest absolute Gasteiger partial charge is 0.457 e. The number of nitrogens with two attached hydrogens (primary N) is 1. The number of rotatable bonds is 0. The van der Waals surface area contributed by atoms with E-state index in [1.807, 2.05) is 0 Å². The third kappa shape index (κ3) is 1.63. The standard InChI is InChI=1S/C9H16N2O2/c1-8(2)5-9(3-4-12-8)6-11-7(10)13-9/h3-6H2,1-2H3,(H2,10,11). The van der Waals surface area contributed by atoms with Crippen LogP contribution in [-0.2, 0) is 9.47 Å². The summed E-state index contributed by atoms with van der Waals surface area (Å²) in [7, 11) is 0. The van der Waals surface area contributed by atoms with Gasteiger partial charge in [0.1, 0.15) is 5.60 Å². The highest BCUT2D eigenvalue weighted by atomic mass is 16.5. The van der Waals surface area contributed by atoms with Crippen LogP contribution < -0.4 is 5.73 Å². The predicted molar refractivity (Wildman–Crippen MR) is 49.6 cm³/mol. The van der Waals surface area contributed by atoms with Crippen molar-refractivity contribution in [2.24, 2.45) is 10.7 Å². The summed E-state index contributed by atoms with van der Waals surface area (Å²) in [6, 6.07) is 0.331. The van der Waals surface area contributed by atoms with E-state index < -0.39 is 0 Å². The summed E-state index contributed by atoms with van der Waals surface area (Å²) in [6.45, 7) is 5.57. The molecule has 1 unspecified atom stereocenters. The minimum Gasteiger partial charge on any atom is -0.457 e. The summed E-state index contributed by atoms with van der Waals surface area (Å²) in [5, 5.41) is 0. The van der Waals surface area contributed by atoms with E-state index in [1.54, 1.807) is 0 Å². The van der Waals surface area contributed by atoms with E-state index in [9.17, 15) is 0 Å². The van der Waals surface area contributed by atoms with Gasteiger partial charge < -0.3 is 15.2 Å². The first-order chi connectivity index (χ1) is 6.02. The van der Waals surface area contributed by atoms with Crippen molar-refractivity contribution in [3.63, 3.8) is 0 Å². The number of amidine groups is 1. The molecular formula is C9H16N2O2. The first-order valence-electron chi connectivity index (χ1n) is 4.64. The lowest BCUT2D eigenvalue weighted by Gasteiger charge is -2.41. The van der Waals surface area contributed by atoms with Crippen molar-refractivity contribution >= 4 is 6.02 Å². The molecule has 2 aliphatic heterocycles. The van der Waals surface area contributed by atoms with Crippen LogP contribution in [-0.4, -0.2) is 30.4 Å². The average Bonchev–Trinajstić information content (AvgIpc) is 2.29. The molecule has 2 aliphatic rings. The fourth-order valence-electron chi connectivity index (χ4n) is 2.16. The summed E-state index contributed by atoms with van der Waals surface area (Å²) >= 11 is 0. The molecule has 0 saturated carbocycles. The fraction of sp³-hybridized carbons (Fsp3) is 0.889. The molecule has 1 spiro atoms. The molecule has 0 aromatic heterocycles. The lowest BCUT2D eigenvalue weighted by atomic mass is 9.84. The van der Waals surface area contributed by atoms with Gasteiger partial charge in [0.15, 0.2) is 0 Å². The van der Waals surface area contributed by atoms with Gasteiger partial charge in [0.2, 0.25) is 0 Å². The van der Waals surface area contributed by atoms with Crippen LogP contribution in [0.1, 0.15) is 26.7 Å². The van der Waals surface area contributed by atoms with Gasteiger partial charge in [0.25, 0.3) is 6.02 Å². The number of hydrogen-bond donors (Lipinski definition) is 1. The second-order valence-corrected chi connectivity index (χ2v) is 4.47. The van der Waals surface area contributed by atoms with Crippen LogP contribution in [0.4, 0.5) is 0 Å². The molecule has 4 nitrogen and oxygen atoms in total. The average molecular weight is 184 g/mol. The molecular weight excluding hydrogens is 168 g/mol. The van der Waals surface area contributed by atoms with Crippen LogP contribution in [0.3, 0.4) is 0 Å². The lowest BCUT2D eigenvalue weighted by molar-refractivity contribution is -0.127. The molecule has 1 atom stereocenters. The highest BCUT2D eigenvalue weighted by molar-refractivity contribution is 5.73. The van der Waals surface area contributed by atoms with E-state index in [-0.39, 0.29) is 11.2 Å². The zero-order valence-electron chi connectivity index (χ0n) is 8.17.